The Morgan fingerprint density at radius 3 is 2.82 bits per heavy atom. The molecule has 5 nitrogen and oxygen atoms in total. The standard InChI is InChI=1S/C17H28N2O3/c1-13-6-14(8-17(7-13)22-12-16(21)11-20)9-19(3)15-4-5-18(2)10-15/h6-8,15-16,20-21H,4-5,9-12H2,1-3H3. The lowest BCUT2D eigenvalue weighted by Gasteiger charge is -2.24. The number of hydrogen-bond acceptors (Lipinski definition) is 5. The Morgan fingerprint density at radius 2 is 2.18 bits per heavy atom. The van der Waals surface area contributed by atoms with Crippen LogP contribution in [0.2, 0.25) is 0 Å². The predicted octanol–water partition coefficient (Wildman–Crippen LogP) is 0.863. The van der Waals surface area contributed by atoms with E-state index in [9.17, 15) is 5.11 Å². The summed E-state index contributed by atoms with van der Waals surface area (Å²) in [6, 6.07) is 6.75. The van der Waals surface area contributed by atoms with E-state index in [2.05, 4.69) is 30.0 Å². The SMILES string of the molecule is Cc1cc(CN(C)C2CCN(C)C2)cc(OCC(O)CO)c1. The van der Waals surface area contributed by atoms with Crippen molar-refractivity contribution in [3.63, 3.8) is 0 Å². The van der Waals surface area contributed by atoms with Gasteiger partial charge in [0.1, 0.15) is 18.5 Å². The third-order valence-corrected chi connectivity index (χ3v) is 4.19. The van der Waals surface area contributed by atoms with Gasteiger partial charge in [0.25, 0.3) is 0 Å². The molecule has 2 unspecified atom stereocenters. The number of benzene rings is 1. The van der Waals surface area contributed by atoms with Gasteiger partial charge in [-0.15, -0.1) is 0 Å². The number of nitrogens with zero attached hydrogens (tertiary/aromatic N) is 2. The minimum atomic E-state index is -0.833. The van der Waals surface area contributed by atoms with Gasteiger partial charge in [-0.3, -0.25) is 4.90 Å². The zero-order valence-electron chi connectivity index (χ0n) is 13.8. The molecule has 2 N–H and O–H groups in total. The number of aliphatic hydroxyl groups is 2. The molecule has 2 atom stereocenters. The number of likely N-dealkylation sites (tertiary alicyclic amines) is 1. The Labute approximate surface area is 133 Å². The second-order valence-electron chi connectivity index (χ2n) is 6.42. The maximum Gasteiger partial charge on any atom is 0.120 e. The van der Waals surface area contributed by atoms with Gasteiger partial charge in [-0.25, -0.2) is 0 Å². The molecule has 1 aromatic carbocycles. The van der Waals surface area contributed by atoms with Crippen molar-refractivity contribution >= 4 is 0 Å². The minimum absolute atomic E-state index is 0.114. The molecule has 0 aromatic heterocycles. The lowest BCUT2D eigenvalue weighted by molar-refractivity contribution is 0.0535. The molecule has 2 rings (SSSR count). The number of ether oxygens (including phenoxy) is 1. The highest BCUT2D eigenvalue weighted by Crippen LogP contribution is 2.20. The Kier molecular flexibility index (Phi) is 6.20. The van der Waals surface area contributed by atoms with Gasteiger partial charge in [-0.05, 0) is 57.2 Å². The second-order valence-corrected chi connectivity index (χ2v) is 6.42. The molecule has 1 fully saturated rings. The van der Waals surface area contributed by atoms with Gasteiger partial charge in [-0.2, -0.15) is 0 Å². The molecule has 0 radical (unpaired) electrons. The Bertz CT molecular complexity index is 481. The van der Waals surface area contributed by atoms with E-state index in [1.165, 1.54) is 12.0 Å². The van der Waals surface area contributed by atoms with E-state index >= 15 is 0 Å². The highest BCUT2D eigenvalue weighted by atomic mass is 16.5. The first-order valence-electron chi connectivity index (χ1n) is 7.89. The molecule has 0 spiro atoms. The van der Waals surface area contributed by atoms with E-state index in [4.69, 9.17) is 9.84 Å². The molecule has 0 amide bonds. The molecule has 1 aliphatic rings. The van der Waals surface area contributed by atoms with Crippen LogP contribution in [0, 0.1) is 6.92 Å². The summed E-state index contributed by atoms with van der Waals surface area (Å²) in [6.07, 6.45) is 0.380. The van der Waals surface area contributed by atoms with Crippen LogP contribution in [0.1, 0.15) is 17.5 Å². The van der Waals surface area contributed by atoms with E-state index in [1.807, 2.05) is 19.1 Å². The van der Waals surface area contributed by atoms with E-state index in [0.717, 1.165) is 30.9 Å². The molecule has 1 aromatic rings. The lowest BCUT2D eigenvalue weighted by atomic mass is 10.1. The number of hydrogen-bond donors (Lipinski definition) is 2. The average Bonchev–Trinajstić information content (AvgIpc) is 2.91. The Balaban J connectivity index is 1.96. The van der Waals surface area contributed by atoms with Crippen LogP contribution in [0.15, 0.2) is 18.2 Å². The van der Waals surface area contributed by atoms with Crippen LogP contribution in [0.4, 0.5) is 0 Å². The molecule has 0 saturated carbocycles. The summed E-state index contributed by atoms with van der Waals surface area (Å²) < 4.78 is 5.57. The normalized spacial score (nSPS) is 20.5. The number of aryl methyl sites for hydroxylation is 1. The average molecular weight is 308 g/mol. The van der Waals surface area contributed by atoms with Gasteiger partial charge >= 0.3 is 0 Å². The summed E-state index contributed by atoms with van der Waals surface area (Å²) in [6.45, 7) is 5.05. The monoisotopic (exact) mass is 308 g/mol. The van der Waals surface area contributed by atoms with Crippen LogP contribution in [-0.2, 0) is 6.54 Å². The van der Waals surface area contributed by atoms with Crippen LogP contribution in [0.25, 0.3) is 0 Å². The van der Waals surface area contributed by atoms with Crippen LogP contribution in [0.3, 0.4) is 0 Å². The first-order valence-corrected chi connectivity index (χ1v) is 7.89. The molecule has 1 saturated heterocycles. The lowest BCUT2D eigenvalue weighted by Crippen LogP contribution is -2.33. The topological polar surface area (TPSA) is 56.2 Å². The molecule has 1 aliphatic heterocycles. The van der Waals surface area contributed by atoms with Crippen LogP contribution in [-0.4, -0.2) is 72.6 Å². The fourth-order valence-corrected chi connectivity index (χ4v) is 2.93. The van der Waals surface area contributed by atoms with Gasteiger partial charge in [0, 0.05) is 19.1 Å². The summed E-state index contributed by atoms with van der Waals surface area (Å²) in [4.78, 5) is 4.76. The van der Waals surface area contributed by atoms with Crippen molar-refractivity contribution in [3.8, 4) is 5.75 Å². The molecular formula is C17H28N2O3. The fourth-order valence-electron chi connectivity index (χ4n) is 2.93. The fraction of sp³-hybridized carbons (Fsp3) is 0.647. The zero-order chi connectivity index (χ0) is 16.1. The summed E-state index contributed by atoms with van der Waals surface area (Å²) in [5, 5.41) is 18.2. The van der Waals surface area contributed by atoms with Gasteiger partial charge in [0.2, 0.25) is 0 Å². The third kappa shape index (κ3) is 4.95. The van der Waals surface area contributed by atoms with Crippen LogP contribution in [0.5, 0.6) is 5.75 Å². The van der Waals surface area contributed by atoms with Crippen LogP contribution >= 0.6 is 0 Å². The molecular weight excluding hydrogens is 280 g/mol. The van der Waals surface area contributed by atoms with Crippen LogP contribution < -0.4 is 4.74 Å². The first-order chi connectivity index (χ1) is 10.5. The quantitative estimate of drug-likeness (QED) is 0.782. The second kappa shape index (κ2) is 7.92. The van der Waals surface area contributed by atoms with E-state index in [1.54, 1.807) is 0 Å². The Morgan fingerprint density at radius 1 is 1.41 bits per heavy atom. The largest absolute Gasteiger partial charge is 0.491 e. The maximum atomic E-state index is 9.38. The van der Waals surface area contributed by atoms with Crippen molar-refractivity contribution in [2.75, 3.05) is 40.4 Å². The molecule has 0 aliphatic carbocycles. The number of rotatable bonds is 7. The van der Waals surface area contributed by atoms with E-state index in [0.29, 0.717) is 6.04 Å². The number of likely N-dealkylation sites (N-methyl/N-ethyl adjacent to an activating group) is 2. The van der Waals surface area contributed by atoms with Gasteiger partial charge < -0.3 is 19.8 Å². The van der Waals surface area contributed by atoms with Gasteiger partial charge in [0.05, 0.1) is 6.61 Å². The van der Waals surface area contributed by atoms with Crippen molar-refractivity contribution in [2.24, 2.45) is 0 Å². The van der Waals surface area contributed by atoms with Gasteiger partial charge in [0.15, 0.2) is 0 Å². The van der Waals surface area contributed by atoms with E-state index in [-0.39, 0.29) is 13.2 Å². The molecule has 5 heteroatoms. The van der Waals surface area contributed by atoms with Crippen molar-refractivity contribution in [1.82, 2.24) is 9.80 Å². The van der Waals surface area contributed by atoms with Crippen molar-refractivity contribution in [1.29, 1.82) is 0 Å². The molecule has 22 heavy (non-hydrogen) atoms. The highest BCUT2D eigenvalue weighted by Gasteiger charge is 2.23. The summed E-state index contributed by atoms with van der Waals surface area (Å²) >= 11 is 0. The van der Waals surface area contributed by atoms with Crippen molar-refractivity contribution < 1.29 is 14.9 Å². The summed E-state index contributed by atoms with van der Waals surface area (Å²) in [5.74, 6) is 0.749. The maximum absolute atomic E-state index is 9.38. The number of aliphatic hydroxyl groups excluding tert-OH is 2. The third-order valence-electron chi connectivity index (χ3n) is 4.19. The molecule has 124 valence electrons. The van der Waals surface area contributed by atoms with E-state index < -0.39 is 6.10 Å². The van der Waals surface area contributed by atoms with Crippen molar-refractivity contribution in [3.05, 3.63) is 29.3 Å². The van der Waals surface area contributed by atoms with Crippen molar-refractivity contribution in [2.45, 2.75) is 32.0 Å². The summed E-state index contributed by atoms with van der Waals surface area (Å²) in [5.41, 5.74) is 2.36. The molecule has 0 bridgehead atoms. The zero-order valence-corrected chi connectivity index (χ0v) is 13.8. The highest BCUT2D eigenvalue weighted by molar-refractivity contribution is 5.34. The Hall–Kier alpha value is -1.14. The smallest absolute Gasteiger partial charge is 0.120 e. The van der Waals surface area contributed by atoms with Gasteiger partial charge in [-0.1, -0.05) is 6.07 Å². The molecule has 1 heterocycles. The minimum Gasteiger partial charge on any atom is -0.491 e. The first kappa shape index (κ1) is 17.2. The summed E-state index contributed by atoms with van der Waals surface area (Å²) in [7, 11) is 4.33. The predicted molar refractivity (Wildman–Crippen MR) is 87.1 cm³/mol.